The van der Waals surface area contributed by atoms with Crippen molar-refractivity contribution in [1.29, 1.82) is 0 Å². The van der Waals surface area contributed by atoms with Crippen LogP contribution in [0.4, 0.5) is 4.39 Å². The molecule has 4 nitrogen and oxygen atoms in total. The smallest absolute Gasteiger partial charge is 0.272 e. The number of pyridine rings is 1. The molecule has 0 radical (unpaired) electrons. The molecule has 8 heteroatoms. The van der Waals surface area contributed by atoms with Crippen LogP contribution in [0.5, 0.6) is 5.75 Å². The summed E-state index contributed by atoms with van der Waals surface area (Å²) < 4.78 is 32.9. The van der Waals surface area contributed by atoms with Crippen molar-refractivity contribution >= 4 is 41.3 Å². The van der Waals surface area contributed by atoms with Gasteiger partial charge in [-0.1, -0.05) is 12.1 Å². The second kappa shape index (κ2) is 6.65. The number of imidazole rings is 1. The predicted molar refractivity (Wildman–Crippen MR) is 92.3 cm³/mol. The highest BCUT2D eigenvalue weighted by Crippen LogP contribution is 2.27. The van der Waals surface area contributed by atoms with E-state index < -0.39 is 10.4 Å². The van der Waals surface area contributed by atoms with Crippen LogP contribution >= 0.6 is 19.9 Å². The molecule has 0 spiro atoms. The maximum atomic E-state index is 13.9. The van der Waals surface area contributed by atoms with Crippen molar-refractivity contribution in [2.45, 2.75) is 18.6 Å². The van der Waals surface area contributed by atoms with Gasteiger partial charge in [-0.05, 0) is 30.4 Å². The number of nitrogens with zero attached hydrogens (tertiary/aromatic N) is 2. The number of hydrogen-bond donors (Lipinski definition) is 0. The fourth-order valence-corrected chi connectivity index (χ4v) is 3.79. The summed E-state index contributed by atoms with van der Waals surface area (Å²) in [5.74, 6) is 0.142. The topological polar surface area (TPSA) is 49.6 Å². The van der Waals surface area contributed by atoms with Crippen molar-refractivity contribution in [3.05, 3.63) is 53.6 Å². The van der Waals surface area contributed by atoms with Gasteiger partial charge in [0, 0.05) is 11.8 Å². The van der Waals surface area contributed by atoms with Crippen molar-refractivity contribution in [1.82, 2.24) is 9.38 Å². The van der Waals surface area contributed by atoms with Crippen molar-refractivity contribution in [2.24, 2.45) is 0 Å². The van der Waals surface area contributed by atoms with Crippen LogP contribution in [0.25, 0.3) is 5.65 Å². The van der Waals surface area contributed by atoms with Crippen LogP contribution in [0, 0.1) is 12.7 Å². The third-order valence-corrected chi connectivity index (χ3v) is 5.19. The molecule has 3 aromatic rings. The van der Waals surface area contributed by atoms with Gasteiger partial charge < -0.3 is 9.29 Å². The first-order chi connectivity index (χ1) is 11.0. The monoisotopic (exact) mass is 370 g/mol. The van der Waals surface area contributed by atoms with E-state index in [1.54, 1.807) is 41.8 Å². The van der Waals surface area contributed by atoms with Gasteiger partial charge in [0.05, 0.1) is 0 Å². The summed E-state index contributed by atoms with van der Waals surface area (Å²) in [6.45, 7) is 1.79. The summed E-state index contributed by atoms with van der Waals surface area (Å²) in [4.78, 5) is 4.35. The Morgan fingerprint density at radius 1 is 1.39 bits per heavy atom. The Morgan fingerprint density at radius 3 is 2.87 bits per heavy atom. The fraction of sp³-hybridized carbons (Fsp3) is 0.133. The lowest BCUT2D eigenvalue weighted by atomic mass is 10.2. The molecule has 1 aromatic carbocycles. The largest absolute Gasteiger partial charge is 0.593 e. The van der Waals surface area contributed by atoms with Crippen LogP contribution in [0.2, 0.25) is 0 Å². The molecule has 0 aliphatic rings. The molecular formula is C15H13ClFN2O2PS. The van der Waals surface area contributed by atoms with E-state index in [0.717, 1.165) is 5.30 Å². The van der Waals surface area contributed by atoms with Crippen LogP contribution in [0.3, 0.4) is 0 Å². The lowest BCUT2D eigenvalue weighted by Crippen LogP contribution is -2.09. The van der Waals surface area contributed by atoms with Crippen molar-refractivity contribution in [3.8, 4) is 5.75 Å². The lowest BCUT2D eigenvalue weighted by Gasteiger charge is -2.10. The summed E-state index contributed by atoms with van der Waals surface area (Å²) in [6.07, 6.45) is 1.71. The van der Waals surface area contributed by atoms with E-state index in [1.807, 2.05) is 0 Å². The van der Waals surface area contributed by atoms with Gasteiger partial charge in [-0.15, -0.1) is 9.24 Å². The minimum atomic E-state index is -1.69. The molecular weight excluding hydrogens is 358 g/mol. The third-order valence-electron chi connectivity index (χ3n) is 3.41. The van der Waals surface area contributed by atoms with Crippen LogP contribution < -0.4 is 10.0 Å². The van der Waals surface area contributed by atoms with Gasteiger partial charge in [-0.25, -0.2) is 9.37 Å². The van der Waals surface area contributed by atoms with E-state index in [-0.39, 0.29) is 12.4 Å². The molecule has 0 amide bonds. The fourth-order valence-electron chi connectivity index (χ4n) is 2.32. The van der Waals surface area contributed by atoms with E-state index in [1.165, 1.54) is 6.07 Å². The molecule has 0 N–H and O–H groups in total. The number of benzene rings is 1. The van der Waals surface area contributed by atoms with E-state index in [4.69, 9.17) is 15.4 Å². The van der Waals surface area contributed by atoms with Crippen molar-refractivity contribution < 1.29 is 13.7 Å². The van der Waals surface area contributed by atoms with Crippen LogP contribution in [0.1, 0.15) is 11.3 Å². The quantitative estimate of drug-likeness (QED) is 0.523. The number of ether oxygens (including phenoxy) is 1. The summed E-state index contributed by atoms with van der Waals surface area (Å²) >= 11 is 0. The highest BCUT2D eigenvalue weighted by atomic mass is 35.7. The molecule has 3 rings (SSSR count). The number of aryl methyl sites for hydroxylation is 1. The SMILES string of the molecule is Cc1nc2c(OCc3c(F)cccc3P)cccn2c1[S+]([O-])Cl. The maximum absolute atomic E-state index is 13.9. The Morgan fingerprint density at radius 2 is 2.17 bits per heavy atom. The van der Waals surface area contributed by atoms with E-state index in [0.29, 0.717) is 27.7 Å². The van der Waals surface area contributed by atoms with Crippen molar-refractivity contribution in [2.75, 3.05) is 0 Å². The zero-order valence-corrected chi connectivity index (χ0v) is 14.9. The minimum Gasteiger partial charge on any atom is -0.593 e. The summed E-state index contributed by atoms with van der Waals surface area (Å²) in [5, 5.41) is 1.14. The molecule has 0 aliphatic heterocycles. The second-order valence-electron chi connectivity index (χ2n) is 4.89. The number of rotatable bonds is 4. The van der Waals surface area contributed by atoms with Crippen LogP contribution in [0.15, 0.2) is 41.6 Å². The Balaban J connectivity index is 1.97. The first kappa shape index (κ1) is 16.5. The van der Waals surface area contributed by atoms with Gasteiger partial charge in [-0.3, -0.25) is 4.40 Å². The summed E-state index contributed by atoms with van der Waals surface area (Å²) in [7, 11) is 6.51. The second-order valence-corrected chi connectivity index (χ2v) is 7.18. The molecule has 120 valence electrons. The van der Waals surface area contributed by atoms with E-state index in [9.17, 15) is 8.94 Å². The molecule has 2 heterocycles. The summed E-state index contributed by atoms with van der Waals surface area (Å²) in [5.41, 5.74) is 1.52. The Kier molecular flexibility index (Phi) is 4.78. The predicted octanol–water partition coefficient (Wildman–Crippen LogP) is 3.12. The molecule has 2 atom stereocenters. The highest BCUT2D eigenvalue weighted by molar-refractivity contribution is 8.13. The molecule has 23 heavy (non-hydrogen) atoms. The lowest BCUT2D eigenvalue weighted by molar-refractivity contribution is 0.303. The Labute approximate surface area is 142 Å². The molecule has 2 aromatic heterocycles. The van der Waals surface area contributed by atoms with Crippen LogP contribution in [-0.2, 0) is 17.0 Å². The molecule has 0 saturated heterocycles. The van der Waals surface area contributed by atoms with E-state index in [2.05, 4.69) is 14.2 Å². The average molecular weight is 371 g/mol. The Bertz CT molecular complexity index is 852. The molecule has 0 fully saturated rings. The average Bonchev–Trinajstić information content (AvgIpc) is 2.83. The first-order valence-corrected chi connectivity index (χ1v) is 9.25. The Hall–Kier alpha value is -1.33. The first-order valence-electron chi connectivity index (χ1n) is 6.70. The van der Waals surface area contributed by atoms with Crippen LogP contribution in [-0.4, -0.2) is 13.9 Å². The molecule has 2 unspecified atom stereocenters. The van der Waals surface area contributed by atoms with Gasteiger partial charge in [0.25, 0.3) is 5.03 Å². The zero-order valence-electron chi connectivity index (χ0n) is 12.1. The highest BCUT2D eigenvalue weighted by Gasteiger charge is 2.22. The van der Waals surface area contributed by atoms with Crippen molar-refractivity contribution in [3.63, 3.8) is 0 Å². The minimum absolute atomic E-state index is 0.0659. The van der Waals surface area contributed by atoms with Gasteiger partial charge in [0.1, 0.15) is 28.5 Å². The van der Waals surface area contributed by atoms with Gasteiger partial charge >= 0.3 is 0 Å². The number of halogens is 2. The molecule has 0 bridgehead atoms. The van der Waals surface area contributed by atoms with Gasteiger partial charge in [0.2, 0.25) is 0 Å². The summed E-state index contributed by atoms with van der Waals surface area (Å²) in [6, 6.07) is 8.29. The van der Waals surface area contributed by atoms with Gasteiger partial charge in [-0.2, -0.15) is 0 Å². The van der Waals surface area contributed by atoms with Gasteiger partial charge in [0.15, 0.2) is 22.1 Å². The third kappa shape index (κ3) is 3.17. The number of fused-ring (bicyclic) bond motifs is 1. The molecule has 0 saturated carbocycles. The number of hydrogen-bond acceptors (Lipinski definition) is 3. The molecule has 0 aliphatic carbocycles. The zero-order chi connectivity index (χ0) is 16.6. The standard InChI is InChI=1S/C15H13ClFN2O2PS/c1-9-15(23(16)20)19-7-3-5-12(14(19)18-9)21-8-10-11(17)4-2-6-13(10)22/h2-7H,8,22H2,1H3. The number of aromatic nitrogens is 2. The maximum Gasteiger partial charge on any atom is 0.272 e. The van der Waals surface area contributed by atoms with E-state index >= 15 is 0 Å². The normalized spacial score (nSPS) is 12.6.